The SMILES string of the molecule is CC(C)C1CCN(Cc2ccc([C@@H](C)CS(C)(=O)=O)cc2)CC1. The predicted molar refractivity (Wildman–Crippen MR) is 97.4 cm³/mol. The summed E-state index contributed by atoms with van der Waals surface area (Å²) in [7, 11) is -2.92. The minimum atomic E-state index is -2.92. The third kappa shape index (κ3) is 5.92. The van der Waals surface area contributed by atoms with Gasteiger partial charge < -0.3 is 0 Å². The quantitative estimate of drug-likeness (QED) is 0.794. The lowest BCUT2D eigenvalue weighted by atomic mass is 9.86. The molecule has 1 aromatic rings. The van der Waals surface area contributed by atoms with Gasteiger partial charge in [-0.1, -0.05) is 45.0 Å². The molecule has 0 aliphatic carbocycles. The standard InChI is InChI=1S/C19H31NO2S/c1-15(2)18-9-11-20(12-10-18)13-17-5-7-19(8-6-17)16(3)14-23(4,21)22/h5-8,15-16,18H,9-14H2,1-4H3/t16-/m0/s1. The summed E-state index contributed by atoms with van der Waals surface area (Å²) in [6.45, 7) is 10.0. The van der Waals surface area contributed by atoms with Crippen LogP contribution in [0.25, 0.3) is 0 Å². The van der Waals surface area contributed by atoms with E-state index in [4.69, 9.17) is 0 Å². The van der Waals surface area contributed by atoms with Gasteiger partial charge in [-0.25, -0.2) is 8.42 Å². The molecule has 1 aliphatic rings. The van der Waals surface area contributed by atoms with Crippen LogP contribution in [0.2, 0.25) is 0 Å². The first-order valence-electron chi connectivity index (χ1n) is 8.73. The molecule has 0 aromatic heterocycles. The van der Waals surface area contributed by atoms with E-state index in [9.17, 15) is 8.42 Å². The van der Waals surface area contributed by atoms with Gasteiger partial charge in [0.1, 0.15) is 9.84 Å². The van der Waals surface area contributed by atoms with Gasteiger partial charge in [-0.2, -0.15) is 0 Å². The zero-order valence-corrected chi connectivity index (χ0v) is 15.8. The van der Waals surface area contributed by atoms with Crippen LogP contribution in [0.15, 0.2) is 24.3 Å². The molecular formula is C19H31NO2S. The molecule has 1 heterocycles. The summed E-state index contributed by atoms with van der Waals surface area (Å²) in [6, 6.07) is 8.49. The molecule has 0 spiro atoms. The fourth-order valence-corrected chi connectivity index (χ4v) is 4.64. The lowest BCUT2D eigenvalue weighted by molar-refractivity contribution is 0.152. The van der Waals surface area contributed by atoms with Crippen LogP contribution in [-0.4, -0.2) is 38.4 Å². The first-order valence-corrected chi connectivity index (χ1v) is 10.8. The maximum Gasteiger partial charge on any atom is 0.148 e. The van der Waals surface area contributed by atoms with Crippen molar-refractivity contribution >= 4 is 9.84 Å². The number of hydrogen-bond donors (Lipinski definition) is 0. The Kier molecular flexibility index (Phi) is 6.26. The van der Waals surface area contributed by atoms with Crippen molar-refractivity contribution in [3.63, 3.8) is 0 Å². The Morgan fingerprint density at radius 1 is 1.09 bits per heavy atom. The molecule has 1 aliphatic heterocycles. The lowest BCUT2D eigenvalue weighted by Gasteiger charge is -2.33. The molecule has 2 rings (SSSR count). The van der Waals surface area contributed by atoms with Crippen molar-refractivity contribution in [2.24, 2.45) is 11.8 Å². The van der Waals surface area contributed by atoms with E-state index in [1.54, 1.807) is 0 Å². The Hall–Kier alpha value is -0.870. The van der Waals surface area contributed by atoms with Crippen LogP contribution in [-0.2, 0) is 16.4 Å². The zero-order chi connectivity index (χ0) is 17.0. The van der Waals surface area contributed by atoms with E-state index in [2.05, 4.69) is 43.0 Å². The fraction of sp³-hybridized carbons (Fsp3) is 0.684. The molecular weight excluding hydrogens is 306 g/mol. The van der Waals surface area contributed by atoms with E-state index >= 15 is 0 Å². The molecule has 1 saturated heterocycles. The third-order valence-electron chi connectivity index (χ3n) is 5.08. The fourth-order valence-electron chi connectivity index (χ4n) is 3.54. The molecule has 0 N–H and O–H groups in total. The second-order valence-electron chi connectivity index (χ2n) is 7.59. The van der Waals surface area contributed by atoms with Crippen LogP contribution < -0.4 is 0 Å². The molecule has 1 fully saturated rings. The number of sulfone groups is 1. The van der Waals surface area contributed by atoms with Crippen LogP contribution in [0.1, 0.15) is 50.7 Å². The highest BCUT2D eigenvalue weighted by molar-refractivity contribution is 7.90. The Morgan fingerprint density at radius 2 is 1.65 bits per heavy atom. The van der Waals surface area contributed by atoms with Crippen LogP contribution in [0.4, 0.5) is 0 Å². The molecule has 3 nitrogen and oxygen atoms in total. The third-order valence-corrected chi connectivity index (χ3v) is 6.19. The Bertz CT molecular complexity index is 584. The van der Waals surface area contributed by atoms with E-state index < -0.39 is 9.84 Å². The predicted octanol–water partition coefficient (Wildman–Crippen LogP) is 3.70. The maximum atomic E-state index is 11.4. The minimum absolute atomic E-state index is 0.0563. The number of nitrogens with zero attached hydrogens (tertiary/aromatic N) is 1. The second-order valence-corrected chi connectivity index (χ2v) is 9.78. The zero-order valence-electron chi connectivity index (χ0n) is 15.0. The molecule has 130 valence electrons. The summed E-state index contributed by atoms with van der Waals surface area (Å²) >= 11 is 0. The van der Waals surface area contributed by atoms with Gasteiger partial charge in [0.2, 0.25) is 0 Å². The smallest absolute Gasteiger partial charge is 0.148 e. The lowest BCUT2D eigenvalue weighted by Crippen LogP contribution is -2.34. The van der Waals surface area contributed by atoms with E-state index in [1.165, 1.54) is 37.8 Å². The van der Waals surface area contributed by atoms with Gasteiger partial charge in [-0.15, -0.1) is 0 Å². The van der Waals surface area contributed by atoms with Gasteiger partial charge in [-0.05, 0) is 54.8 Å². The summed E-state index contributed by atoms with van der Waals surface area (Å²) in [5.41, 5.74) is 2.43. The summed E-state index contributed by atoms with van der Waals surface area (Å²) in [5, 5.41) is 0. The largest absolute Gasteiger partial charge is 0.299 e. The first kappa shape index (κ1) is 18.5. The van der Waals surface area contributed by atoms with Crippen molar-refractivity contribution in [2.45, 2.75) is 46.1 Å². The average Bonchev–Trinajstić information content (AvgIpc) is 2.46. The van der Waals surface area contributed by atoms with Crippen molar-refractivity contribution in [1.29, 1.82) is 0 Å². The Labute approximate surface area is 142 Å². The number of benzene rings is 1. The molecule has 23 heavy (non-hydrogen) atoms. The highest BCUT2D eigenvalue weighted by Crippen LogP contribution is 2.25. The molecule has 0 radical (unpaired) electrons. The topological polar surface area (TPSA) is 37.4 Å². The van der Waals surface area contributed by atoms with Crippen molar-refractivity contribution < 1.29 is 8.42 Å². The monoisotopic (exact) mass is 337 g/mol. The summed E-state index contributed by atoms with van der Waals surface area (Å²) in [5.74, 6) is 1.95. The number of piperidine rings is 1. The summed E-state index contributed by atoms with van der Waals surface area (Å²) in [4.78, 5) is 2.54. The van der Waals surface area contributed by atoms with Crippen LogP contribution >= 0.6 is 0 Å². The molecule has 0 bridgehead atoms. The van der Waals surface area contributed by atoms with Gasteiger partial charge >= 0.3 is 0 Å². The van der Waals surface area contributed by atoms with E-state index in [0.29, 0.717) is 0 Å². The molecule has 4 heteroatoms. The summed E-state index contributed by atoms with van der Waals surface area (Å²) < 4.78 is 22.8. The number of likely N-dealkylation sites (tertiary alicyclic amines) is 1. The minimum Gasteiger partial charge on any atom is -0.299 e. The average molecular weight is 338 g/mol. The van der Waals surface area contributed by atoms with E-state index in [1.807, 2.05) is 6.92 Å². The normalized spacial score (nSPS) is 19.2. The van der Waals surface area contributed by atoms with E-state index in [-0.39, 0.29) is 11.7 Å². The van der Waals surface area contributed by atoms with Crippen molar-refractivity contribution in [3.8, 4) is 0 Å². The highest BCUT2D eigenvalue weighted by atomic mass is 32.2. The van der Waals surface area contributed by atoms with Gasteiger partial charge in [0, 0.05) is 12.8 Å². The Morgan fingerprint density at radius 3 is 2.13 bits per heavy atom. The molecule has 1 aromatic carbocycles. The van der Waals surface area contributed by atoms with Gasteiger partial charge in [0.05, 0.1) is 5.75 Å². The van der Waals surface area contributed by atoms with Crippen molar-refractivity contribution in [1.82, 2.24) is 4.90 Å². The van der Waals surface area contributed by atoms with Crippen molar-refractivity contribution in [3.05, 3.63) is 35.4 Å². The molecule has 0 amide bonds. The molecule has 0 unspecified atom stereocenters. The number of rotatable bonds is 6. The molecule has 1 atom stereocenters. The second kappa shape index (κ2) is 7.80. The summed E-state index contributed by atoms with van der Waals surface area (Å²) in [6.07, 6.45) is 3.92. The van der Waals surface area contributed by atoms with Gasteiger partial charge in [0.25, 0.3) is 0 Å². The van der Waals surface area contributed by atoms with E-state index in [0.717, 1.165) is 23.9 Å². The van der Waals surface area contributed by atoms with Gasteiger partial charge in [0.15, 0.2) is 0 Å². The first-order chi connectivity index (χ1) is 10.7. The highest BCUT2D eigenvalue weighted by Gasteiger charge is 2.21. The van der Waals surface area contributed by atoms with Crippen molar-refractivity contribution in [2.75, 3.05) is 25.1 Å². The van der Waals surface area contributed by atoms with Gasteiger partial charge in [-0.3, -0.25) is 4.90 Å². The number of hydrogen-bond acceptors (Lipinski definition) is 3. The van der Waals surface area contributed by atoms with Crippen LogP contribution in [0, 0.1) is 11.8 Å². The van der Waals surface area contributed by atoms with Crippen LogP contribution in [0.5, 0.6) is 0 Å². The maximum absolute atomic E-state index is 11.4. The molecule has 0 saturated carbocycles. The Balaban J connectivity index is 1.88. The van der Waals surface area contributed by atoms with Crippen LogP contribution in [0.3, 0.4) is 0 Å².